The highest BCUT2D eigenvalue weighted by atomic mass is 16.5. The number of hydrogen-bond donors (Lipinski definition) is 1. The molecular weight excluding hydrogens is 442 g/mol. The van der Waals surface area contributed by atoms with Gasteiger partial charge in [0, 0.05) is 23.6 Å². The van der Waals surface area contributed by atoms with Gasteiger partial charge in [0.05, 0.1) is 37.4 Å². The Balaban J connectivity index is 1.74. The predicted octanol–water partition coefficient (Wildman–Crippen LogP) is 5.01. The van der Waals surface area contributed by atoms with Gasteiger partial charge in [-0.3, -0.25) is 19.3 Å². The molecule has 2 amide bonds. The Morgan fingerprint density at radius 3 is 2.71 bits per heavy atom. The lowest BCUT2D eigenvalue weighted by molar-refractivity contribution is -0.141. The molecule has 1 atom stereocenters. The summed E-state index contributed by atoms with van der Waals surface area (Å²) in [4.78, 5) is 45.2. The molecule has 0 saturated heterocycles. The molecule has 1 aliphatic heterocycles. The molecule has 7 heteroatoms. The number of rotatable bonds is 9. The maximum atomic E-state index is 13.6. The van der Waals surface area contributed by atoms with E-state index in [4.69, 9.17) is 4.74 Å². The molecule has 2 heterocycles. The number of methoxy groups -OCH3 is 1. The summed E-state index contributed by atoms with van der Waals surface area (Å²) in [7, 11) is 1.30. The van der Waals surface area contributed by atoms with E-state index in [1.54, 1.807) is 0 Å². The number of fused-ring (bicyclic) bond motifs is 2. The quantitative estimate of drug-likeness (QED) is 0.267. The molecule has 0 aliphatic carbocycles. The first-order valence-electron chi connectivity index (χ1n) is 12.3. The van der Waals surface area contributed by atoms with Crippen molar-refractivity contribution in [2.24, 2.45) is 0 Å². The number of carbonyl (C=O) groups excluding carboxylic acids is 3. The van der Waals surface area contributed by atoms with Crippen molar-refractivity contribution in [3.63, 3.8) is 0 Å². The molecule has 3 aromatic rings. The predicted molar refractivity (Wildman–Crippen MR) is 136 cm³/mol. The smallest absolute Gasteiger partial charge is 0.307 e. The van der Waals surface area contributed by atoms with Gasteiger partial charge in [-0.2, -0.15) is 0 Å². The number of carbonyl (C=O) groups is 3. The molecule has 0 spiro atoms. The summed E-state index contributed by atoms with van der Waals surface area (Å²) >= 11 is 0. The van der Waals surface area contributed by atoms with Crippen molar-refractivity contribution in [2.45, 2.75) is 52.0 Å². The molecule has 184 valence electrons. The Hall–Kier alpha value is -3.61. The Kier molecular flexibility index (Phi) is 7.54. The SMILES string of the molecule is CCCCCc1ccc2c(c1)C(=O)N(CCC(=O)OC)C(=O)CN2C(C)c1c[nH]c2ccccc12. The Morgan fingerprint density at radius 2 is 1.94 bits per heavy atom. The summed E-state index contributed by atoms with van der Waals surface area (Å²) in [6, 6.07) is 13.9. The molecular formula is C28H33N3O4. The van der Waals surface area contributed by atoms with Crippen LogP contribution < -0.4 is 4.90 Å². The number of anilines is 1. The second-order valence-electron chi connectivity index (χ2n) is 9.08. The third-order valence-corrected chi connectivity index (χ3v) is 6.83. The van der Waals surface area contributed by atoms with Crippen LogP contribution in [0.5, 0.6) is 0 Å². The number of hydrogen-bond acceptors (Lipinski definition) is 5. The van der Waals surface area contributed by atoms with E-state index in [1.807, 2.05) is 41.4 Å². The molecule has 0 fully saturated rings. The molecule has 1 N–H and O–H groups in total. The van der Waals surface area contributed by atoms with Gasteiger partial charge in [0.2, 0.25) is 5.91 Å². The van der Waals surface area contributed by atoms with E-state index >= 15 is 0 Å². The van der Waals surface area contributed by atoms with E-state index in [0.29, 0.717) is 5.56 Å². The second-order valence-corrected chi connectivity index (χ2v) is 9.08. The van der Waals surface area contributed by atoms with Crippen molar-refractivity contribution in [3.05, 3.63) is 65.4 Å². The number of esters is 1. The van der Waals surface area contributed by atoms with Crippen LogP contribution in [0, 0.1) is 0 Å². The van der Waals surface area contributed by atoms with Crippen LogP contribution in [0.2, 0.25) is 0 Å². The molecule has 1 unspecified atom stereocenters. The van der Waals surface area contributed by atoms with E-state index in [9.17, 15) is 14.4 Å². The number of aryl methyl sites for hydroxylation is 1. The van der Waals surface area contributed by atoms with Crippen molar-refractivity contribution >= 4 is 34.4 Å². The van der Waals surface area contributed by atoms with E-state index in [2.05, 4.69) is 31.0 Å². The number of amides is 2. The normalized spacial score (nSPS) is 14.7. The zero-order valence-electron chi connectivity index (χ0n) is 20.7. The Morgan fingerprint density at radius 1 is 1.14 bits per heavy atom. The number of benzene rings is 2. The standard InChI is InChI=1S/C28H33N3O4/c1-4-5-6-9-20-12-13-25-22(16-20)28(34)30(15-14-27(33)35-3)26(32)18-31(25)19(2)23-17-29-24-11-8-7-10-21(23)24/h7-8,10-13,16-17,19,29H,4-6,9,14-15,18H2,1-3H3. The molecule has 2 aromatic carbocycles. The lowest BCUT2D eigenvalue weighted by Gasteiger charge is -2.30. The van der Waals surface area contributed by atoms with Crippen molar-refractivity contribution in [1.29, 1.82) is 0 Å². The minimum Gasteiger partial charge on any atom is -0.469 e. The maximum absolute atomic E-state index is 13.6. The molecule has 1 aromatic heterocycles. The van der Waals surface area contributed by atoms with Gasteiger partial charge < -0.3 is 14.6 Å². The molecule has 35 heavy (non-hydrogen) atoms. The van der Waals surface area contributed by atoms with Crippen LogP contribution >= 0.6 is 0 Å². The third kappa shape index (κ3) is 5.09. The van der Waals surface area contributed by atoms with Gasteiger partial charge in [-0.25, -0.2) is 0 Å². The number of H-pyrrole nitrogens is 1. The fourth-order valence-electron chi connectivity index (χ4n) is 4.80. The van der Waals surface area contributed by atoms with Gasteiger partial charge in [0.1, 0.15) is 0 Å². The molecule has 0 radical (unpaired) electrons. The lowest BCUT2D eigenvalue weighted by atomic mass is 10.00. The van der Waals surface area contributed by atoms with Crippen molar-refractivity contribution < 1.29 is 19.1 Å². The number of nitrogens with zero attached hydrogens (tertiary/aromatic N) is 2. The first-order valence-corrected chi connectivity index (χ1v) is 12.3. The van der Waals surface area contributed by atoms with E-state index in [0.717, 1.165) is 53.4 Å². The summed E-state index contributed by atoms with van der Waals surface area (Å²) in [6.45, 7) is 4.25. The van der Waals surface area contributed by atoms with Gasteiger partial charge in [-0.05, 0) is 49.1 Å². The van der Waals surface area contributed by atoms with E-state index < -0.39 is 5.97 Å². The number of para-hydroxylation sites is 1. The number of nitrogens with one attached hydrogen (secondary N) is 1. The minimum absolute atomic E-state index is 0.000845. The molecule has 4 rings (SSSR count). The molecule has 7 nitrogen and oxygen atoms in total. The number of imide groups is 1. The molecule has 0 saturated carbocycles. The highest BCUT2D eigenvalue weighted by Crippen LogP contribution is 2.36. The van der Waals surface area contributed by atoms with Crippen LogP contribution in [0.1, 0.15) is 67.1 Å². The van der Waals surface area contributed by atoms with E-state index in [1.165, 1.54) is 12.0 Å². The number of ether oxygens (including phenoxy) is 1. The first kappa shape index (κ1) is 24.5. The largest absolute Gasteiger partial charge is 0.469 e. The topological polar surface area (TPSA) is 82.7 Å². The van der Waals surface area contributed by atoms with Crippen LogP contribution in [-0.2, 0) is 20.7 Å². The zero-order chi connectivity index (χ0) is 24.9. The van der Waals surface area contributed by atoms with Crippen LogP contribution in [0.4, 0.5) is 5.69 Å². The van der Waals surface area contributed by atoms with Gasteiger partial charge in [0.15, 0.2) is 0 Å². The maximum Gasteiger partial charge on any atom is 0.307 e. The Bertz CT molecular complexity index is 1230. The summed E-state index contributed by atoms with van der Waals surface area (Å²) in [5.74, 6) is -1.14. The number of unbranched alkanes of at least 4 members (excludes halogenated alkanes) is 2. The summed E-state index contributed by atoms with van der Waals surface area (Å²) in [5, 5.41) is 1.09. The highest BCUT2D eigenvalue weighted by Gasteiger charge is 2.35. The Labute approximate surface area is 206 Å². The second kappa shape index (κ2) is 10.8. The van der Waals surface area contributed by atoms with Crippen LogP contribution in [0.15, 0.2) is 48.7 Å². The van der Waals surface area contributed by atoms with Crippen LogP contribution in [-0.4, -0.2) is 47.9 Å². The van der Waals surface area contributed by atoms with Gasteiger partial charge in [-0.15, -0.1) is 0 Å². The zero-order valence-corrected chi connectivity index (χ0v) is 20.7. The van der Waals surface area contributed by atoms with Crippen LogP contribution in [0.3, 0.4) is 0 Å². The highest BCUT2D eigenvalue weighted by molar-refractivity contribution is 6.11. The van der Waals surface area contributed by atoms with Crippen molar-refractivity contribution in [2.75, 3.05) is 25.1 Å². The van der Waals surface area contributed by atoms with Crippen molar-refractivity contribution in [1.82, 2.24) is 9.88 Å². The van der Waals surface area contributed by atoms with Gasteiger partial charge >= 0.3 is 5.97 Å². The monoisotopic (exact) mass is 475 g/mol. The first-order chi connectivity index (χ1) is 16.9. The van der Waals surface area contributed by atoms with E-state index in [-0.39, 0.29) is 37.4 Å². The van der Waals surface area contributed by atoms with Crippen LogP contribution in [0.25, 0.3) is 10.9 Å². The molecule has 1 aliphatic rings. The fraction of sp³-hybridized carbons (Fsp3) is 0.393. The number of aromatic nitrogens is 1. The van der Waals surface area contributed by atoms with Gasteiger partial charge in [0.25, 0.3) is 5.91 Å². The fourth-order valence-corrected chi connectivity index (χ4v) is 4.80. The number of aromatic amines is 1. The average Bonchev–Trinajstić information content (AvgIpc) is 3.27. The minimum atomic E-state index is -0.451. The third-order valence-electron chi connectivity index (χ3n) is 6.83. The van der Waals surface area contributed by atoms with Gasteiger partial charge in [-0.1, -0.05) is 44.0 Å². The van der Waals surface area contributed by atoms with Crippen molar-refractivity contribution in [3.8, 4) is 0 Å². The summed E-state index contributed by atoms with van der Waals surface area (Å²) in [6.07, 6.45) is 6.11. The summed E-state index contributed by atoms with van der Waals surface area (Å²) in [5.41, 5.74) is 4.40. The average molecular weight is 476 g/mol. The molecule has 0 bridgehead atoms. The lowest BCUT2D eigenvalue weighted by Crippen LogP contribution is -2.42. The summed E-state index contributed by atoms with van der Waals surface area (Å²) < 4.78 is 4.73.